The summed E-state index contributed by atoms with van der Waals surface area (Å²) in [5, 5.41) is 1.83. The van der Waals surface area contributed by atoms with Crippen LogP contribution in [-0.2, 0) is 14.4 Å². The van der Waals surface area contributed by atoms with Crippen molar-refractivity contribution in [1.82, 2.24) is 9.96 Å². The average Bonchev–Trinajstić information content (AvgIpc) is 3.41. The molecular formula is C22H26ClN3O3. The van der Waals surface area contributed by atoms with E-state index in [9.17, 15) is 9.59 Å². The van der Waals surface area contributed by atoms with Gasteiger partial charge in [-0.1, -0.05) is 29.8 Å². The van der Waals surface area contributed by atoms with Crippen molar-refractivity contribution in [2.24, 2.45) is 23.7 Å². The summed E-state index contributed by atoms with van der Waals surface area (Å²) in [6.45, 7) is 5.18. The molecule has 1 saturated carbocycles. The second kappa shape index (κ2) is 7.74. The monoisotopic (exact) mass is 415 g/mol. The molecule has 4 atom stereocenters. The quantitative estimate of drug-likeness (QED) is 0.406. The Kier molecular flexibility index (Phi) is 5.10. The first-order chi connectivity index (χ1) is 14.1. The summed E-state index contributed by atoms with van der Waals surface area (Å²) in [5.74, 6) is -0.176. The molecule has 0 N–H and O–H groups in total. The minimum Gasteiger partial charge on any atom is -0.369 e. The largest absolute Gasteiger partial charge is 0.369 e. The highest BCUT2D eigenvalue weighted by Crippen LogP contribution is 2.52. The van der Waals surface area contributed by atoms with E-state index < -0.39 is 0 Å². The zero-order valence-electron chi connectivity index (χ0n) is 16.4. The molecule has 3 fully saturated rings. The lowest BCUT2D eigenvalue weighted by Gasteiger charge is -2.36. The fourth-order valence-electron chi connectivity index (χ4n) is 5.35. The molecule has 2 bridgehead atoms. The molecule has 2 heterocycles. The molecule has 6 nitrogen and oxygen atoms in total. The number of piperazine rings is 1. The van der Waals surface area contributed by atoms with Gasteiger partial charge in [0.15, 0.2) is 0 Å². The number of rotatable bonds is 6. The van der Waals surface area contributed by atoms with Gasteiger partial charge in [-0.05, 0) is 42.9 Å². The van der Waals surface area contributed by atoms with Crippen LogP contribution in [0.5, 0.6) is 0 Å². The van der Waals surface area contributed by atoms with E-state index in [0.717, 1.165) is 55.7 Å². The number of carbonyl (C=O) groups excluding carboxylic acids is 2. The maximum absolute atomic E-state index is 12.6. The van der Waals surface area contributed by atoms with Gasteiger partial charge < -0.3 is 4.90 Å². The van der Waals surface area contributed by atoms with E-state index in [1.165, 1.54) is 5.69 Å². The highest BCUT2D eigenvalue weighted by molar-refractivity contribution is 6.30. The fourth-order valence-corrected chi connectivity index (χ4v) is 5.53. The first kappa shape index (κ1) is 19.1. The Hall–Kier alpha value is -1.89. The van der Waals surface area contributed by atoms with Crippen molar-refractivity contribution in [3.8, 4) is 0 Å². The molecule has 5 rings (SSSR count). The van der Waals surface area contributed by atoms with Gasteiger partial charge in [0.05, 0.1) is 18.4 Å². The third-order valence-corrected chi connectivity index (χ3v) is 7.05. The molecule has 154 valence electrons. The molecule has 1 aromatic carbocycles. The number of hydrogen-bond donors (Lipinski definition) is 0. The van der Waals surface area contributed by atoms with Gasteiger partial charge in [-0.25, -0.2) is 0 Å². The molecule has 4 aliphatic rings. The normalized spacial score (nSPS) is 31.2. The Bertz CT molecular complexity index is 806. The Morgan fingerprint density at radius 2 is 1.69 bits per heavy atom. The minimum atomic E-state index is -0.183. The van der Waals surface area contributed by atoms with Crippen molar-refractivity contribution in [3.63, 3.8) is 0 Å². The number of hydroxylamine groups is 2. The van der Waals surface area contributed by atoms with Gasteiger partial charge in [-0.3, -0.25) is 19.3 Å². The summed E-state index contributed by atoms with van der Waals surface area (Å²) in [7, 11) is 0. The van der Waals surface area contributed by atoms with Crippen LogP contribution >= 0.6 is 11.6 Å². The zero-order valence-corrected chi connectivity index (χ0v) is 17.1. The summed E-state index contributed by atoms with van der Waals surface area (Å²) < 4.78 is 0. The predicted molar refractivity (Wildman–Crippen MR) is 110 cm³/mol. The molecule has 1 aromatic rings. The lowest BCUT2D eigenvalue weighted by molar-refractivity contribution is -0.190. The number of amides is 2. The molecule has 2 saturated heterocycles. The van der Waals surface area contributed by atoms with E-state index in [1.54, 1.807) is 0 Å². The second-order valence-electron chi connectivity index (χ2n) is 8.47. The Morgan fingerprint density at radius 3 is 2.34 bits per heavy atom. The van der Waals surface area contributed by atoms with Crippen LogP contribution in [0, 0.1) is 23.7 Å². The molecule has 0 aromatic heterocycles. The molecular weight excluding hydrogens is 390 g/mol. The molecule has 2 aliphatic heterocycles. The van der Waals surface area contributed by atoms with Crippen LogP contribution in [0.3, 0.4) is 0 Å². The number of anilines is 1. The molecule has 7 heteroatoms. The summed E-state index contributed by atoms with van der Waals surface area (Å²) in [4.78, 5) is 35.6. The summed E-state index contributed by atoms with van der Waals surface area (Å²) in [5.41, 5.74) is 1.17. The number of hydrogen-bond acceptors (Lipinski definition) is 5. The van der Waals surface area contributed by atoms with E-state index in [0.29, 0.717) is 6.61 Å². The van der Waals surface area contributed by atoms with Crippen LogP contribution < -0.4 is 4.90 Å². The number of carbonyl (C=O) groups is 2. The van der Waals surface area contributed by atoms with E-state index in [2.05, 4.69) is 28.0 Å². The van der Waals surface area contributed by atoms with E-state index in [1.807, 2.05) is 18.2 Å². The van der Waals surface area contributed by atoms with Gasteiger partial charge in [0.2, 0.25) is 0 Å². The van der Waals surface area contributed by atoms with Gasteiger partial charge in [0, 0.05) is 43.4 Å². The first-order valence-electron chi connectivity index (χ1n) is 10.5. The summed E-state index contributed by atoms with van der Waals surface area (Å²) in [6.07, 6.45) is 5.95. The van der Waals surface area contributed by atoms with Gasteiger partial charge >= 0.3 is 0 Å². The summed E-state index contributed by atoms with van der Waals surface area (Å²) >= 11 is 6.10. The average molecular weight is 416 g/mol. The first-order valence-corrected chi connectivity index (χ1v) is 10.9. The van der Waals surface area contributed by atoms with Crippen LogP contribution in [0.4, 0.5) is 5.69 Å². The third kappa shape index (κ3) is 3.47. The SMILES string of the molecule is O=C1C2C(C(=O)N1OCCCN1CCN(c3cccc(Cl)c3)CC1)[C@H]1C=C[C@@H]2C1. The van der Waals surface area contributed by atoms with Gasteiger partial charge in [0.1, 0.15) is 0 Å². The molecule has 0 spiro atoms. The van der Waals surface area contributed by atoms with Crippen molar-refractivity contribution in [2.75, 3.05) is 44.2 Å². The van der Waals surface area contributed by atoms with Crippen molar-refractivity contribution >= 4 is 29.1 Å². The molecule has 2 aliphatic carbocycles. The third-order valence-electron chi connectivity index (χ3n) is 6.81. The van der Waals surface area contributed by atoms with Crippen molar-refractivity contribution in [1.29, 1.82) is 0 Å². The van der Waals surface area contributed by atoms with Gasteiger partial charge in [-0.15, -0.1) is 0 Å². The maximum Gasteiger partial charge on any atom is 0.258 e. The number of halogens is 1. The van der Waals surface area contributed by atoms with Crippen molar-refractivity contribution < 1.29 is 14.4 Å². The highest BCUT2D eigenvalue weighted by Gasteiger charge is 2.60. The van der Waals surface area contributed by atoms with Crippen molar-refractivity contribution in [2.45, 2.75) is 12.8 Å². The number of allylic oxidation sites excluding steroid dienone is 2. The summed E-state index contributed by atoms with van der Waals surface area (Å²) in [6, 6.07) is 7.98. The lowest BCUT2D eigenvalue weighted by Crippen LogP contribution is -2.46. The number of imide groups is 1. The topological polar surface area (TPSA) is 53.1 Å². The molecule has 29 heavy (non-hydrogen) atoms. The van der Waals surface area contributed by atoms with E-state index in [-0.39, 0.29) is 35.5 Å². The fraction of sp³-hybridized carbons (Fsp3) is 0.545. The smallest absolute Gasteiger partial charge is 0.258 e. The number of benzene rings is 1. The van der Waals surface area contributed by atoms with Crippen molar-refractivity contribution in [3.05, 3.63) is 41.4 Å². The minimum absolute atomic E-state index is 0.132. The highest BCUT2D eigenvalue weighted by atomic mass is 35.5. The maximum atomic E-state index is 12.6. The molecule has 0 radical (unpaired) electrons. The number of fused-ring (bicyclic) bond motifs is 5. The Labute approximate surface area is 176 Å². The zero-order chi connectivity index (χ0) is 20.0. The van der Waals surface area contributed by atoms with Crippen LogP contribution in [-0.4, -0.2) is 61.1 Å². The standard InChI is InChI=1S/C22H26ClN3O3/c23-17-3-1-4-18(14-17)25-10-8-24(9-11-25)7-2-12-29-26-21(27)19-15-5-6-16(13-15)20(19)22(26)28/h1,3-6,14-16,19-20H,2,7-13H2/t15-,16+,19?,20?. The van der Waals surface area contributed by atoms with Crippen LogP contribution in [0.2, 0.25) is 5.02 Å². The van der Waals surface area contributed by atoms with E-state index >= 15 is 0 Å². The van der Waals surface area contributed by atoms with Gasteiger partial charge in [0.25, 0.3) is 11.8 Å². The van der Waals surface area contributed by atoms with E-state index in [4.69, 9.17) is 16.4 Å². The van der Waals surface area contributed by atoms with Crippen LogP contribution in [0.15, 0.2) is 36.4 Å². The second-order valence-corrected chi connectivity index (χ2v) is 8.90. The molecule has 2 amide bonds. The Balaban J connectivity index is 1.05. The van der Waals surface area contributed by atoms with Crippen LogP contribution in [0.1, 0.15) is 12.8 Å². The Morgan fingerprint density at radius 1 is 1.00 bits per heavy atom. The lowest BCUT2D eigenvalue weighted by atomic mass is 9.85. The number of nitrogens with zero attached hydrogens (tertiary/aromatic N) is 3. The van der Waals surface area contributed by atoms with Crippen LogP contribution in [0.25, 0.3) is 0 Å². The predicted octanol–water partition coefficient (Wildman–Crippen LogP) is 2.59. The van der Waals surface area contributed by atoms with Gasteiger partial charge in [-0.2, -0.15) is 5.06 Å². The molecule has 2 unspecified atom stereocenters.